The molecule has 0 bridgehead atoms. The third-order valence-electron chi connectivity index (χ3n) is 2.27. The van der Waals surface area contributed by atoms with Gasteiger partial charge in [0.05, 0.1) is 12.6 Å². The van der Waals surface area contributed by atoms with E-state index in [0.717, 1.165) is 0 Å². The average Bonchev–Trinajstić information content (AvgIpc) is 2.25. The SMILES string of the molecule is CC(C)C(CO)NC(=O)c1cc(Cl)ccn1. The minimum Gasteiger partial charge on any atom is -0.394 e. The molecule has 0 saturated heterocycles. The maximum absolute atomic E-state index is 11.7. The van der Waals surface area contributed by atoms with E-state index in [1.807, 2.05) is 13.8 Å². The van der Waals surface area contributed by atoms with Gasteiger partial charge in [0, 0.05) is 11.2 Å². The molecule has 1 unspecified atom stereocenters. The Bertz CT molecular complexity index is 369. The van der Waals surface area contributed by atoms with Crippen LogP contribution in [0.1, 0.15) is 24.3 Å². The van der Waals surface area contributed by atoms with Crippen LogP contribution < -0.4 is 5.32 Å². The Balaban J connectivity index is 2.72. The van der Waals surface area contributed by atoms with Gasteiger partial charge in [-0.1, -0.05) is 25.4 Å². The maximum Gasteiger partial charge on any atom is 0.270 e. The monoisotopic (exact) mass is 242 g/mol. The van der Waals surface area contributed by atoms with Gasteiger partial charge in [0.25, 0.3) is 5.91 Å². The molecule has 0 radical (unpaired) electrons. The molecule has 1 amide bonds. The van der Waals surface area contributed by atoms with Crippen molar-refractivity contribution in [3.63, 3.8) is 0 Å². The molecule has 1 aromatic rings. The van der Waals surface area contributed by atoms with Crippen molar-refractivity contribution in [3.8, 4) is 0 Å². The number of carbonyl (C=O) groups excluding carboxylic acids is 1. The van der Waals surface area contributed by atoms with Gasteiger partial charge in [-0.3, -0.25) is 9.78 Å². The summed E-state index contributed by atoms with van der Waals surface area (Å²) in [5.41, 5.74) is 0.256. The molecular formula is C11H15ClN2O2. The molecule has 0 aliphatic heterocycles. The Labute approximate surface area is 99.6 Å². The van der Waals surface area contributed by atoms with Crippen LogP contribution in [0.5, 0.6) is 0 Å². The summed E-state index contributed by atoms with van der Waals surface area (Å²) in [6, 6.07) is 2.82. The number of hydrogen-bond acceptors (Lipinski definition) is 3. The Morgan fingerprint density at radius 1 is 1.62 bits per heavy atom. The summed E-state index contributed by atoms with van der Waals surface area (Å²) < 4.78 is 0. The third kappa shape index (κ3) is 3.47. The summed E-state index contributed by atoms with van der Waals surface area (Å²) in [6.07, 6.45) is 1.47. The van der Waals surface area contributed by atoms with Gasteiger partial charge in [-0.15, -0.1) is 0 Å². The lowest BCUT2D eigenvalue weighted by Crippen LogP contribution is -2.41. The van der Waals surface area contributed by atoms with Crippen molar-refractivity contribution in [2.24, 2.45) is 5.92 Å². The Hall–Kier alpha value is -1.13. The summed E-state index contributed by atoms with van der Waals surface area (Å²) >= 11 is 5.75. The number of aromatic nitrogens is 1. The van der Waals surface area contributed by atoms with E-state index in [1.165, 1.54) is 12.3 Å². The lowest BCUT2D eigenvalue weighted by molar-refractivity contribution is 0.0892. The van der Waals surface area contributed by atoms with Crippen LogP contribution >= 0.6 is 11.6 Å². The van der Waals surface area contributed by atoms with Crippen molar-refractivity contribution in [2.45, 2.75) is 19.9 Å². The van der Waals surface area contributed by atoms with Crippen LogP contribution in [-0.4, -0.2) is 28.6 Å². The maximum atomic E-state index is 11.7. The van der Waals surface area contributed by atoms with Gasteiger partial charge < -0.3 is 10.4 Å². The summed E-state index contributed by atoms with van der Waals surface area (Å²) in [6.45, 7) is 3.75. The molecule has 16 heavy (non-hydrogen) atoms. The minimum atomic E-state index is -0.324. The number of amides is 1. The van der Waals surface area contributed by atoms with Gasteiger partial charge in [0.2, 0.25) is 0 Å². The van der Waals surface area contributed by atoms with Gasteiger partial charge in [0.1, 0.15) is 5.69 Å². The molecule has 4 nitrogen and oxygen atoms in total. The first kappa shape index (κ1) is 12.9. The number of nitrogens with one attached hydrogen (secondary N) is 1. The van der Waals surface area contributed by atoms with E-state index in [-0.39, 0.29) is 30.2 Å². The molecule has 0 aliphatic rings. The minimum absolute atomic E-state index is 0.0933. The van der Waals surface area contributed by atoms with E-state index >= 15 is 0 Å². The van der Waals surface area contributed by atoms with Crippen molar-refractivity contribution in [3.05, 3.63) is 29.0 Å². The fourth-order valence-electron chi connectivity index (χ4n) is 1.19. The molecule has 2 N–H and O–H groups in total. The number of hydrogen-bond donors (Lipinski definition) is 2. The number of halogens is 1. The zero-order valence-corrected chi connectivity index (χ0v) is 10.0. The first-order valence-electron chi connectivity index (χ1n) is 5.08. The molecule has 0 aromatic carbocycles. The van der Waals surface area contributed by atoms with E-state index in [2.05, 4.69) is 10.3 Å². The van der Waals surface area contributed by atoms with E-state index in [0.29, 0.717) is 5.02 Å². The molecule has 0 fully saturated rings. The number of aliphatic hydroxyl groups excluding tert-OH is 1. The fraction of sp³-hybridized carbons (Fsp3) is 0.455. The third-order valence-corrected chi connectivity index (χ3v) is 2.51. The second kappa shape index (κ2) is 5.82. The predicted molar refractivity (Wildman–Crippen MR) is 62.4 cm³/mol. The molecule has 0 aliphatic carbocycles. The van der Waals surface area contributed by atoms with Crippen molar-refractivity contribution in [1.29, 1.82) is 0 Å². The molecule has 1 heterocycles. The molecule has 1 rings (SSSR count). The van der Waals surface area contributed by atoms with Crippen LogP contribution in [0.4, 0.5) is 0 Å². The second-order valence-electron chi connectivity index (χ2n) is 3.87. The molecular weight excluding hydrogens is 228 g/mol. The van der Waals surface area contributed by atoms with Crippen LogP contribution in [0.3, 0.4) is 0 Å². The average molecular weight is 243 g/mol. The van der Waals surface area contributed by atoms with Gasteiger partial charge >= 0.3 is 0 Å². The van der Waals surface area contributed by atoms with Crippen molar-refractivity contribution in [2.75, 3.05) is 6.61 Å². The van der Waals surface area contributed by atoms with Crippen molar-refractivity contribution >= 4 is 17.5 Å². The molecule has 88 valence electrons. The van der Waals surface area contributed by atoms with Crippen LogP contribution in [0.15, 0.2) is 18.3 Å². The number of rotatable bonds is 4. The Morgan fingerprint density at radius 2 is 2.31 bits per heavy atom. The first-order valence-corrected chi connectivity index (χ1v) is 5.45. The van der Waals surface area contributed by atoms with Crippen molar-refractivity contribution < 1.29 is 9.90 Å². The largest absolute Gasteiger partial charge is 0.394 e. The summed E-state index contributed by atoms with van der Waals surface area (Å²) in [5.74, 6) is -0.164. The number of nitrogens with zero attached hydrogens (tertiary/aromatic N) is 1. The Kier molecular flexibility index (Phi) is 4.71. The highest BCUT2D eigenvalue weighted by molar-refractivity contribution is 6.30. The quantitative estimate of drug-likeness (QED) is 0.841. The van der Waals surface area contributed by atoms with Crippen LogP contribution in [-0.2, 0) is 0 Å². The van der Waals surface area contributed by atoms with Gasteiger partial charge in [-0.2, -0.15) is 0 Å². The predicted octanol–water partition coefficient (Wildman–Crippen LogP) is 1.48. The van der Waals surface area contributed by atoms with Crippen LogP contribution in [0.2, 0.25) is 5.02 Å². The van der Waals surface area contributed by atoms with Gasteiger partial charge in [-0.05, 0) is 18.1 Å². The molecule has 1 aromatic heterocycles. The van der Waals surface area contributed by atoms with Crippen LogP contribution in [0, 0.1) is 5.92 Å². The normalized spacial score (nSPS) is 12.6. The standard InChI is InChI=1S/C11H15ClN2O2/c1-7(2)10(6-15)14-11(16)9-5-8(12)3-4-13-9/h3-5,7,10,15H,6H2,1-2H3,(H,14,16). The van der Waals surface area contributed by atoms with E-state index < -0.39 is 0 Å². The Morgan fingerprint density at radius 3 is 2.81 bits per heavy atom. The molecule has 0 saturated carbocycles. The number of carbonyl (C=O) groups is 1. The smallest absolute Gasteiger partial charge is 0.270 e. The highest BCUT2D eigenvalue weighted by Crippen LogP contribution is 2.09. The van der Waals surface area contributed by atoms with E-state index in [1.54, 1.807) is 6.07 Å². The van der Waals surface area contributed by atoms with E-state index in [4.69, 9.17) is 16.7 Å². The van der Waals surface area contributed by atoms with Gasteiger partial charge in [0.15, 0.2) is 0 Å². The first-order chi connectivity index (χ1) is 7.54. The highest BCUT2D eigenvalue weighted by Gasteiger charge is 2.16. The summed E-state index contributed by atoms with van der Waals surface area (Å²) in [5, 5.41) is 12.2. The number of aliphatic hydroxyl groups is 1. The molecule has 0 spiro atoms. The lowest BCUT2D eigenvalue weighted by atomic mass is 10.1. The fourth-order valence-corrected chi connectivity index (χ4v) is 1.35. The second-order valence-corrected chi connectivity index (χ2v) is 4.30. The zero-order chi connectivity index (χ0) is 12.1. The lowest BCUT2D eigenvalue weighted by Gasteiger charge is -2.19. The molecule has 5 heteroatoms. The summed E-state index contributed by atoms with van der Waals surface area (Å²) in [4.78, 5) is 15.6. The topological polar surface area (TPSA) is 62.2 Å². The van der Waals surface area contributed by atoms with Crippen LogP contribution in [0.25, 0.3) is 0 Å². The van der Waals surface area contributed by atoms with Gasteiger partial charge in [-0.25, -0.2) is 0 Å². The van der Waals surface area contributed by atoms with Crippen molar-refractivity contribution in [1.82, 2.24) is 10.3 Å². The molecule has 1 atom stereocenters. The summed E-state index contributed by atoms with van der Waals surface area (Å²) in [7, 11) is 0. The highest BCUT2D eigenvalue weighted by atomic mass is 35.5. The van der Waals surface area contributed by atoms with E-state index in [9.17, 15) is 4.79 Å². The number of pyridine rings is 1. The zero-order valence-electron chi connectivity index (χ0n) is 9.27.